The maximum atomic E-state index is 12.4. The van der Waals surface area contributed by atoms with E-state index in [1.165, 1.54) is 22.9 Å². The van der Waals surface area contributed by atoms with Gasteiger partial charge >= 0.3 is 11.6 Å². The first-order chi connectivity index (χ1) is 9.58. The molecule has 1 aromatic carbocycles. The molecule has 9 nitrogen and oxygen atoms in total. The van der Waals surface area contributed by atoms with Crippen molar-refractivity contribution < 1.29 is 9.72 Å². The highest BCUT2D eigenvalue weighted by molar-refractivity contribution is 6.09. The predicted molar refractivity (Wildman–Crippen MR) is 69.9 cm³/mol. The van der Waals surface area contributed by atoms with E-state index in [0.717, 1.165) is 0 Å². The highest BCUT2D eigenvalue weighted by Gasteiger charge is 2.33. The van der Waals surface area contributed by atoms with Crippen molar-refractivity contribution in [3.8, 4) is 0 Å². The average Bonchev–Trinajstić information content (AvgIpc) is 3.01. The second-order valence-electron chi connectivity index (χ2n) is 4.19. The number of fused-ring (bicyclic) bond motifs is 1. The third kappa shape index (κ3) is 1.77. The first-order valence-electron chi connectivity index (χ1n) is 5.71. The van der Waals surface area contributed by atoms with Crippen molar-refractivity contribution >= 4 is 23.0 Å². The summed E-state index contributed by atoms with van der Waals surface area (Å²) in [6.07, 6.45) is 1.20. The molecule has 1 amide bonds. The first kappa shape index (κ1) is 12.1. The Kier molecular flexibility index (Phi) is 2.61. The van der Waals surface area contributed by atoms with Crippen molar-refractivity contribution in [3.05, 3.63) is 46.3 Å². The SMILES string of the molecule is Cn1cc([N+](=O)[O-])c(C(=O)N2NNc3ccccc32)n1. The summed E-state index contributed by atoms with van der Waals surface area (Å²) in [6, 6.07) is 7.07. The van der Waals surface area contributed by atoms with Gasteiger partial charge in [0.05, 0.1) is 16.3 Å². The van der Waals surface area contributed by atoms with Gasteiger partial charge in [0, 0.05) is 7.05 Å². The van der Waals surface area contributed by atoms with Gasteiger partial charge in [-0.1, -0.05) is 12.1 Å². The van der Waals surface area contributed by atoms with Crippen molar-refractivity contribution in [1.29, 1.82) is 0 Å². The Hall–Kier alpha value is -2.94. The van der Waals surface area contributed by atoms with Crippen molar-refractivity contribution in [2.45, 2.75) is 0 Å². The molecule has 0 saturated carbocycles. The lowest BCUT2D eigenvalue weighted by atomic mass is 10.2. The molecule has 0 bridgehead atoms. The topological polar surface area (TPSA) is 105 Å². The van der Waals surface area contributed by atoms with Crippen LogP contribution in [0.3, 0.4) is 0 Å². The Morgan fingerprint density at radius 1 is 1.40 bits per heavy atom. The van der Waals surface area contributed by atoms with E-state index in [4.69, 9.17) is 0 Å². The highest BCUT2D eigenvalue weighted by atomic mass is 16.6. The molecule has 1 aliphatic heterocycles. The molecule has 0 radical (unpaired) electrons. The smallest absolute Gasteiger partial charge is 0.301 e. The number of rotatable bonds is 2. The van der Waals surface area contributed by atoms with Gasteiger partial charge in [-0.3, -0.25) is 19.6 Å². The van der Waals surface area contributed by atoms with E-state index in [-0.39, 0.29) is 11.4 Å². The Labute approximate surface area is 112 Å². The monoisotopic (exact) mass is 274 g/mol. The molecule has 20 heavy (non-hydrogen) atoms. The number of amides is 1. The summed E-state index contributed by atoms with van der Waals surface area (Å²) in [6.45, 7) is 0. The molecule has 2 heterocycles. The average molecular weight is 274 g/mol. The summed E-state index contributed by atoms with van der Waals surface area (Å²) < 4.78 is 1.24. The van der Waals surface area contributed by atoms with Gasteiger partial charge in [0.25, 0.3) is 0 Å². The molecule has 0 spiro atoms. The lowest BCUT2D eigenvalue weighted by Gasteiger charge is -2.13. The molecular formula is C11H10N6O3. The van der Waals surface area contributed by atoms with Crippen LogP contribution in [0.15, 0.2) is 30.5 Å². The van der Waals surface area contributed by atoms with Gasteiger partial charge in [-0.25, -0.2) is 5.01 Å². The fourth-order valence-corrected chi connectivity index (χ4v) is 1.98. The number of anilines is 2. The van der Waals surface area contributed by atoms with Gasteiger partial charge in [-0.05, 0) is 12.1 Å². The largest absolute Gasteiger partial charge is 0.320 e. The number of benzene rings is 1. The molecule has 0 saturated heterocycles. The Morgan fingerprint density at radius 3 is 2.90 bits per heavy atom. The van der Waals surface area contributed by atoms with Crippen LogP contribution in [0.5, 0.6) is 0 Å². The van der Waals surface area contributed by atoms with Crippen LogP contribution < -0.4 is 16.0 Å². The number of nitro groups is 1. The number of carbonyl (C=O) groups is 1. The van der Waals surface area contributed by atoms with Crippen molar-refractivity contribution in [3.63, 3.8) is 0 Å². The predicted octanol–water partition coefficient (Wildman–Crippen LogP) is 0.820. The molecule has 2 N–H and O–H groups in total. The summed E-state index contributed by atoms with van der Waals surface area (Å²) in [5.41, 5.74) is 6.20. The molecule has 102 valence electrons. The van der Waals surface area contributed by atoms with E-state index >= 15 is 0 Å². The van der Waals surface area contributed by atoms with Crippen molar-refractivity contribution in [2.24, 2.45) is 7.05 Å². The number of carbonyl (C=O) groups excluding carboxylic acids is 1. The van der Waals surface area contributed by atoms with Gasteiger partial charge in [-0.15, -0.1) is 5.53 Å². The van der Waals surface area contributed by atoms with Gasteiger partial charge in [-0.2, -0.15) is 5.10 Å². The normalized spacial score (nSPS) is 12.9. The number of aryl methyl sites for hydroxylation is 1. The van der Waals surface area contributed by atoms with Crippen LogP contribution in [0.25, 0.3) is 0 Å². The minimum Gasteiger partial charge on any atom is -0.301 e. The quantitative estimate of drug-likeness (QED) is 0.620. The maximum Gasteiger partial charge on any atom is 0.320 e. The lowest BCUT2D eigenvalue weighted by molar-refractivity contribution is -0.385. The first-order valence-corrected chi connectivity index (χ1v) is 5.71. The van der Waals surface area contributed by atoms with Crippen LogP contribution in [-0.4, -0.2) is 20.6 Å². The number of aromatic nitrogens is 2. The summed E-state index contributed by atoms with van der Waals surface area (Å²) in [4.78, 5) is 22.7. The molecular weight excluding hydrogens is 264 g/mol. The fraction of sp³-hybridized carbons (Fsp3) is 0.0909. The van der Waals surface area contributed by atoms with E-state index in [9.17, 15) is 14.9 Å². The lowest BCUT2D eigenvalue weighted by Crippen LogP contribution is -2.41. The van der Waals surface area contributed by atoms with Crippen LogP contribution in [0.2, 0.25) is 0 Å². The second-order valence-corrected chi connectivity index (χ2v) is 4.19. The standard InChI is InChI=1S/C11H10N6O3/c1-15-6-9(17(19)20)10(13-15)11(18)16-8-5-3-2-4-7(8)12-14-16/h2-6,12,14H,1H3. The number of hydrogen-bond acceptors (Lipinski definition) is 6. The minimum atomic E-state index is -0.629. The van der Waals surface area contributed by atoms with E-state index in [1.54, 1.807) is 18.2 Å². The number of para-hydroxylation sites is 2. The van der Waals surface area contributed by atoms with Crippen LogP contribution >= 0.6 is 0 Å². The van der Waals surface area contributed by atoms with Crippen LogP contribution in [0, 0.1) is 10.1 Å². The Balaban J connectivity index is 2.01. The molecule has 1 aromatic heterocycles. The van der Waals surface area contributed by atoms with E-state index < -0.39 is 10.8 Å². The summed E-state index contributed by atoms with van der Waals surface area (Å²) in [5.74, 6) is -0.602. The van der Waals surface area contributed by atoms with Crippen LogP contribution in [-0.2, 0) is 7.05 Å². The van der Waals surface area contributed by atoms with Crippen LogP contribution in [0.1, 0.15) is 10.5 Å². The number of hydrogen-bond donors (Lipinski definition) is 2. The molecule has 0 atom stereocenters. The molecule has 0 fully saturated rings. The number of hydrazine groups is 2. The molecule has 9 heteroatoms. The minimum absolute atomic E-state index is 0.219. The Morgan fingerprint density at radius 2 is 2.15 bits per heavy atom. The van der Waals surface area contributed by atoms with Crippen molar-refractivity contribution in [1.82, 2.24) is 15.3 Å². The summed E-state index contributed by atoms with van der Waals surface area (Å²) in [7, 11) is 1.52. The zero-order chi connectivity index (χ0) is 14.3. The fourth-order valence-electron chi connectivity index (χ4n) is 1.98. The molecule has 0 aliphatic carbocycles. The van der Waals surface area contributed by atoms with Crippen LogP contribution in [0.4, 0.5) is 17.1 Å². The molecule has 2 aromatic rings. The highest BCUT2D eigenvalue weighted by Crippen LogP contribution is 2.30. The second kappa shape index (κ2) is 4.31. The van der Waals surface area contributed by atoms with E-state index in [2.05, 4.69) is 16.1 Å². The van der Waals surface area contributed by atoms with Gasteiger partial charge in [0.15, 0.2) is 0 Å². The molecule has 1 aliphatic rings. The number of nitrogens with one attached hydrogen (secondary N) is 2. The maximum absolute atomic E-state index is 12.4. The summed E-state index contributed by atoms with van der Waals surface area (Å²) in [5, 5.41) is 16.0. The third-order valence-corrected chi connectivity index (χ3v) is 2.86. The van der Waals surface area contributed by atoms with E-state index in [1.807, 2.05) is 6.07 Å². The van der Waals surface area contributed by atoms with Crippen molar-refractivity contribution in [2.75, 3.05) is 10.4 Å². The third-order valence-electron chi connectivity index (χ3n) is 2.86. The molecule has 0 unspecified atom stereocenters. The molecule has 3 rings (SSSR count). The van der Waals surface area contributed by atoms with Gasteiger partial charge in [0.1, 0.15) is 6.20 Å². The van der Waals surface area contributed by atoms with Gasteiger partial charge in [0.2, 0.25) is 5.69 Å². The Bertz CT molecular complexity index is 710. The number of nitrogens with zero attached hydrogens (tertiary/aromatic N) is 4. The summed E-state index contributed by atoms with van der Waals surface area (Å²) >= 11 is 0. The van der Waals surface area contributed by atoms with Gasteiger partial charge < -0.3 is 5.43 Å². The van der Waals surface area contributed by atoms with E-state index in [0.29, 0.717) is 11.4 Å². The zero-order valence-electron chi connectivity index (χ0n) is 10.4. The zero-order valence-corrected chi connectivity index (χ0v) is 10.4.